The van der Waals surface area contributed by atoms with Gasteiger partial charge in [-0.15, -0.1) is 0 Å². The van der Waals surface area contributed by atoms with Crippen molar-refractivity contribution in [3.63, 3.8) is 0 Å². The molecule has 2 N–H and O–H groups in total. The first-order valence-corrected chi connectivity index (χ1v) is 9.66. The van der Waals surface area contributed by atoms with Crippen LogP contribution in [0, 0.1) is 5.82 Å². The molecule has 0 aliphatic carbocycles. The summed E-state index contributed by atoms with van der Waals surface area (Å²) in [4.78, 5) is 14.4. The highest BCUT2D eigenvalue weighted by Crippen LogP contribution is 2.13. The molecule has 0 bridgehead atoms. The maximum Gasteiger partial charge on any atom is 0.254 e. The van der Waals surface area contributed by atoms with Crippen LogP contribution in [0.2, 0.25) is 0 Å². The van der Waals surface area contributed by atoms with E-state index in [1.807, 2.05) is 18.2 Å². The summed E-state index contributed by atoms with van der Waals surface area (Å²) in [5.74, 6) is -0.841. The quantitative estimate of drug-likeness (QED) is 0.776. The molecule has 3 rings (SSSR count). The smallest absolute Gasteiger partial charge is 0.254 e. The molecule has 0 spiro atoms. The summed E-state index contributed by atoms with van der Waals surface area (Å²) in [6.45, 7) is 2.35. The highest BCUT2D eigenvalue weighted by molar-refractivity contribution is 7.80. The van der Waals surface area contributed by atoms with Crippen molar-refractivity contribution in [2.45, 2.75) is 25.3 Å². The molecule has 1 aliphatic rings. The Morgan fingerprint density at radius 3 is 2.44 bits per heavy atom. The van der Waals surface area contributed by atoms with Crippen LogP contribution in [0.1, 0.15) is 28.8 Å². The van der Waals surface area contributed by atoms with E-state index in [0.717, 1.165) is 44.0 Å². The number of carbonyl (C=O) groups is 1. The number of thiocarbonyl (C=S) groups is 1. The van der Waals surface area contributed by atoms with Gasteiger partial charge in [0.1, 0.15) is 5.82 Å². The molecule has 1 amide bonds. The first-order valence-electron chi connectivity index (χ1n) is 9.25. The van der Waals surface area contributed by atoms with Crippen molar-refractivity contribution < 1.29 is 9.18 Å². The Bertz CT molecular complexity index is 776. The Morgan fingerprint density at radius 1 is 1.07 bits per heavy atom. The standard InChI is InChI=1S/C21H24FN3OS/c22-19-9-5-4-8-18(19)20(26)24-17-11-14-25(15-12-17)21(27)23-13-10-16-6-2-1-3-7-16/h1-9,17H,10-15H2,(H,23,27)(H,24,26). The van der Waals surface area contributed by atoms with Crippen LogP contribution >= 0.6 is 12.2 Å². The summed E-state index contributed by atoms with van der Waals surface area (Å²) >= 11 is 5.49. The van der Waals surface area contributed by atoms with Crippen LogP contribution in [-0.2, 0) is 6.42 Å². The number of piperidine rings is 1. The third-order valence-electron chi connectivity index (χ3n) is 4.77. The van der Waals surface area contributed by atoms with Gasteiger partial charge in [0, 0.05) is 25.7 Å². The largest absolute Gasteiger partial charge is 0.362 e. The Labute approximate surface area is 164 Å². The molecule has 142 valence electrons. The highest BCUT2D eigenvalue weighted by Gasteiger charge is 2.23. The van der Waals surface area contributed by atoms with E-state index in [1.165, 1.54) is 17.7 Å². The fraction of sp³-hybridized carbons (Fsp3) is 0.333. The average Bonchev–Trinajstić information content (AvgIpc) is 2.69. The van der Waals surface area contributed by atoms with E-state index in [-0.39, 0.29) is 17.5 Å². The molecule has 27 heavy (non-hydrogen) atoms. The summed E-state index contributed by atoms with van der Waals surface area (Å²) in [6.07, 6.45) is 2.51. The van der Waals surface area contributed by atoms with E-state index >= 15 is 0 Å². The van der Waals surface area contributed by atoms with Crippen LogP contribution in [0.3, 0.4) is 0 Å². The third-order valence-corrected chi connectivity index (χ3v) is 5.17. The molecule has 0 saturated carbocycles. The zero-order chi connectivity index (χ0) is 19.1. The molecule has 1 heterocycles. The van der Waals surface area contributed by atoms with Crippen LogP contribution in [-0.4, -0.2) is 41.6 Å². The van der Waals surface area contributed by atoms with Crippen molar-refractivity contribution in [2.75, 3.05) is 19.6 Å². The molecule has 0 unspecified atom stereocenters. The second-order valence-corrected chi connectivity index (χ2v) is 7.07. The van der Waals surface area contributed by atoms with Gasteiger partial charge < -0.3 is 15.5 Å². The topological polar surface area (TPSA) is 44.4 Å². The van der Waals surface area contributed by atoms with E-state index in [1.54, 1.807) is 12.1 Å². The van der Waals surface area contributed by atoms with Crippen molar-refractivity contribution in [3.05, 3.63) is 71.5 Å². The monoisotopic (exact) mass is 385 g/mol. The van der Waals surface area contributed by atoms with Crippen LogP contribution in [0.15, 0.2) is 54.6 Å². The molecule has 1 aliphatic heterocycles. The van der Waals surface area contributed by atoms with E-state index in [4.69, 9.17) is 12.2 Å². The number of hydrogen-bond acceptors (Lipinski definition) is 2. The second kappa shape index (κ2) is 9.46. The summed E-state index contributed by atoms with van der Waals surface area (Å²) in [5, 5.41) is 7.00. The summed E-state index contributed by atoms with van der Waals surface area (Å²) < 4.78 is 13.7. The fourth-order valence-corrected chi connectivity index (χ4v) is 3.49. The van der Waals surface area contributed by atoms with E-state index in [0.29, 0.717) is 0 Å². The van der Waals surface area contributed by atoms with Gasteiger partial charge in [-0.1, -0.05) is 42.5 Å². The minimum atomic E-state index is -0.490. The van der Waals surface area contributed by atoms with Crippen LogP contribution in [0.4, 0.5) is 4.39 Å². The molecule has 6 heteroatoms. The van der Waals surface area contributed by atoms with Gasteiger partial charge in [-0.2, -0.15) is 0 Å². The molecule has 4 nitrogen and oxygen atoms in total. The molecule has 2 aromatic rings. The van der Waals surface area contributed by atoms with Gasteiger partial charge in [0.25, 0.3) is 5.91 Å². The third kappa shape index (κ3) is 5.50. The number of likely N-dealkylation sites (tertiary alicyclic amines) is 1. The lowest BCUT2D eigenvalue weighted by Crippen LogP contribution is -2.49. The molecule has 0 atom stereocenters. The molecule has 0 radical (unpaired) electrons. The molecule has 1 fully saturated rings. The minimum Gasteiger partial charge on any atom is -0.362 e. The lowest BCUT2D eigenvalue weighted by Gasteiger charge is -2.34. The van der Waals surface area contributed by atoms with Crippen molar-refractivity contribution in [1.82, 2.24) is 15.5 Å². The number of nitrogens with one attached hydrogen (secondary N) is 2. The highest BCUT2D eigenvalue weighted by atomic mass is 32.1. The molecule has 0 aromatic heterocycles. The molecule has 1 saturated heterocycles. The predicted octanol–water partition coefficient (Wildman–Crippen LogP) is 3.14. The first kappa shape index (κ1) is 19.3. The van der Waals surface area contributed by atoms with Gasteiger partial charge in [-0.05, 0) is 49.2 Å². The van der Waals surface area contributed by atoms with Crippen LogP contribution in [0.25, 0.3) is 0 Å². The number of carbonyl (C=O) groups excluding carboxylic acids is 1. The fourth-order valence-electron chi connectivity index (χ4n) is 3.21. The second-order valence-electron chi connectivity index (χ2n) is 6.68. The SMILES string of the molecule is O=C(NC1CCN(C(=S)NCCc2ccccc2)CC1)c1ccccc1F. The van der Waals surface area contributed by atoms with E-state index in [9.17, 15) is 9.18 Å². The van der Waals surface area contributed by atoms with E-state index < -0.39 is 5.82 Å². The minimum absolute atomic E-state index is 0.0421. The normalized spacial score (nSPS) is 14.6. The number of amides is 1. The Kier molecular flexibility index (Phi) is 6.76. The van der Waals surface area contributed by atoms with Gasteiger partial charge >= 0.3 is 0 Å². The lowest BCUT2D eigenvalue weighted by molar-refractivity contribution is 0.0918. The van der Waals surface area contributed by atoms with Gasteiger partial charge in [0.15, 0.2) is 5.11 Å². The van der Waals surface area contributed by atoms with Crippen molar-refractivity contribution >= 4 is 23.2 Å². The first-order chi connectivity index (χ1) is 13.1. The Balaban J connectivity index is 1.40. The summed E-state index contributed by atoms with van der Waals surface area (Å²) in [7, 11) is 0. The number of hydrogen-bond donors (Lipinski definition) is 2. The molecule has 2 aromatic carbocycles. The molecular formula is C21H24FN3OS. The van der Waals surface area contributed by atoms with Crippen molar-refractivity contribution in [2.24, 2.45) is 0 Å². The van der Waals surface area contributed by atoms with E-state index in [2.05, 4.69) is 27.7 Å². The lowest BCUT2D eigenvalue weighted by atomic mass is 10.0. The number of rotatable bonds is 5. The zero-order valence-corrected chi connectivity index (χ0v) is 16.0. The van der Waals surface area contributed by atoms with Crippen LogP contribution < -0.4 is 10.6 Å². The maximum atomic E-state index is 13.7. The number of nitrogens with zero attached hydrogens (tertiary/aromatic N) is 1. The summed E-state index contributed by atoms with van der Waals surface area (Å²) in [5.41, 5.74) is 1.38. The molecular weight excluding hydrogens is 361 g/mol. The Hall–Kier alpha value is -2.47. The van der Waals surface area contributed by atoms with Gasteiger partial charge in [-0.25, -0.2) is 4.39 Å². The van der Waals surface area contributed by atoms with Crippen molar-refractivity contribution in [3.8, 4) is 0 Å². The zero-order valence-electron chi connectivity index (χ0n) is 15.2. The van der Waals surface area contributed by atoms with Gasteiger partial charge in [-0.3, -0.25) is 4.79 Å². The van der Waals surface area contributed by atoms with Crippen molar-refractivity contribution in [1.29, 1.82) is 0 Å². The maximum absolute atomic E-state index is 13.7. The van der Waals surface area contributed by atoms with Gasteiger partial charge in [0.05, 0.1) is 5.56 Å². The Morgan fingerprint density at radius 2 is 1.74 bits per heavy atom. The number of benzene rings is 2. The van der Waals surface area contributed by atoms with Gasteiger partial charge in [0.2, 0.25) is 0 Å². The van der Waals surface area contributed by atoms with Crippen LogP contribution in [0.5, 0.6) is 0 Å². The average molecular weight is 386 g/mol. The summed E-state index contributed by atoms with van der Waals surface area (Å²) in [6, 6.07) is 16.4. The number of halogens is 1. The predicted molar refractivity (Wildman–Crippen MR) is 109 cm³/mol.